The number of furan rings is 1. The van der Waals surface area contributed by atoms with Crippen molar-refractivity contribution in [3.8, 4) is 5.88 Å². The van der Waals surface area contributed by atoms with Crippen LogP contribution in [0.15, 0.2) is 53.1 Å². The van der Waals surface area contributed by atoms with Gasteiger partial charge in [0.25, 0.3) is 0 Å². The van der Waals surface area contributed by atoms with E-state index in [0.29, 0.717) is 18.7 Å². The minimum Gasteiger partial charge on any atom is -0.481 e. The molecule has 5 heteroatoms. The van der Waals surface area contributed by atoms with Crippen molar-refractivity contribution in [3.63, 3.8) is 0 Å². The van der Waals surface area contributed by atoms with E-state index in [4.69, 9.17) is 9.15 Å². The van der Waals surface area contributed by atoms with Crippen LogP contribution in [-0.4, -0.2) is 18.0 Å². The molecule has 0 saturated carbocycles. The highest BCUT2D eigenvalue weighted by molar-refractivity contribution is 5.93. The molecular weight excluding hydrogens is 280 g/mol. The lowest BCUT2D eigenvalue weighted by Crippen LogP contribution is -2.12. The van der Waals surface area contributed by atoms with Crippen LogP contribution in [0.2, 0.25) is 0 Å². The fourth-order valence-corrected chi connectivity index (χ4v) is 2.21. The Hall–Kier alpha value is -2.82. The molecule has 5 nitrogen and oxygen atoms in total. The summed E-state index contributed by atoms with van der Waals surface area (Å²) in [5.41, 5.74) is 1.58. The van der Waals surface area contributed by atoms with Gasteiger partial charge in [0.2, 0.25) is 11.8 Å². The molecule has 0 fully saturated rings. The van der Waals surface area contributed by atoms with Crippen LogP contribution in [0.3, 0.4) is 0 Å². The van der Waals surface area contributed by atoms with Gasteiger partial charge < -0.3 is 14.5 Å². The van der Waals surface area contributed by atoms with Crippen LogP contribution >= 0.6 is 0 Å². The average molecular weight is 296 g/mol. The largest absolute Gasteiger partial charge is 0.481 e. The Morgan fingerprint density at radius 3 is 2.95 bits per heavy atom. The zero-order valence-corrected chi connectivity index (χ0v) is 12.2. The molecule has 1 aromatic carbocycles. The Morgan fingerprint density at radius 1 is 1.27 bits per heavy atom. The van der Waals surface area contributed by atoms with Crippen molar-refractivity contribution >= 4 is 22.5 Å². The molecular formula is C17H16N2O3. The van der Waals surface area contributed by atoms with Crippen molar-refractivity contribution in [1.82, 2.24) is 4.98 Å². The van der Waals surface area contributed by atoms with E-state index in [9.17, 15) is 4.79 Å². The molecule has 112 valence electrons. The summed E-state index contributed by atoms with van der Waals surface area (Å²) < 4.78 is 10.3. The first kappa shape index (κ1) is 14.1. The molecule has 0 bridgehead atoms. The van der Waals surface area contributed by atoms with Crippen molar-refractivity contribution in [2.75, 3.05) is 12.4 Å². The SMILES string of the molecule is COc1ccc2cc(NC(=O)CCc3ccco3)ccc2n1. The number of benzene rings is 1. The number of nitrogens with one attached hydrogen (secondary N) is 1. The number of pyridine rings is 1. The minimum atomic E-state index is -0.0442. The summed E-state index contributed by atoms with van der Waals surface area (Å²) in [6.07, 6.45) is 2.58. The molecule has 22 heavy (non-hydrogen) atoms. The quantitative estimate of drug-likeness (QED) is 0.783. The zero-order valence-electron chi connectivity index (χ0n) is 12.2. The summed E-state index contributed by atoms with van der Waals surface area (Å²) in [6, 6.07) is 13.0. The van der Waals surface area contributed by atoms with Gasteiger partial charge in [-0.05, 0) is 36.4 Å². The molecule has 0 aliphatic carbocycles. The van der Waals surface area contributed by atoms with Gasteiger partial charge >= 0.3 is 0 Å². The molecule has 0 aliphatic heterocycles. The van der Waals surface area contributed by atoms with Crippen LogP contribution in [-0.2, 0) is 11.2 Å². The summed E-state index contributed by atoms with van der Waals surface area (Å²) in [5, 5.41) is 3.83. The Bertz CT molecular complexity index is 782. The van der Waals surface area contributed by atoms with Crippen molar-refractivity contribution in [2.45, 2.75) is 12.8 Å². The number of amides is 1. The van der Waals surface area contributed by atoms with E-state index in [-0.39, 0.29) is 5.91 Å². The van der Waals surface area contributed by atoms with Crippen LogP contribution in [0.25, 0.3) is 10.9 Å². The third kappa shape index (κ3) is 3.25. The second kappa shape index (κ2) is 6.30. The van der Waals surface area contributed by atoms with E-state index >= 15 is 0 Å². The van der Waals surface area contributed by atoms with Crippen LogP contribution in [0.4, 0.5) is 5.69 Å². The molecule has 0 radical (unpaired) electrons. The zero-order chi connectivity index (χ0) is 15.4. The summed E-state index contributed by atoms with van der Waals surface area (Å²) in [4.78, 5) is 16.3. The maximum Gasteiger partial charge on any atom is 0.224 e. The van der Waals surface area contributed by atoms with Crippen LogP contribution in [0.1, 0.15) is 12.2 Å². The highest BCUT2D eigenvalue weighted by Crippen LogP contribution is 2.20. The molecule has 2 heterocycles. The van der Waals surface area contributed by atoms with E-state index in [1.165, 1.54) is 0 Å². The molecule has 3 aromatic rings. The molecule has 0 atom stereocenters. The number of aryl methyl sites for hydroxylation is 1. The molecule has 2 aromatic heterocycles. The Morgan fingerprint density at radius 2 is 2.18 bits per heavy atom. The van der Waals surface area contributed by atoms with Crippen molar-refractivity contribution in [2.24, 2.45) is 0 Å². The minimum absolute atomic E-state index is 0.0442. The molecule has 1 N–H and O–H groups in total. The molecule has 1 amide bonds. The summed E-state index contributed by atoms with van der Waals surface area (Å²) >= 11 is 0. The lowest BCUT2D eigenvalue weighted by atomic mass is 10.2. The van der Waals surface area contributed by atoms with E-state index in [0.717, 1.165) is 22.4 Å². The van der Waals surface area contributed by atoms with E-state index in [1.54, 1.807) is 19.4 Å². The van der Waals surface area contributed by atoms with E-state index in [2.05, 4.69) is 10.3 Å². The number of ether oxygens (including phenoxy) is 1. The third-order valence-electron chi connectivity index (χ3n) is 3.34. The van der Waals surface area contributed by atoms with Gasteiger partial charge in [0.1, 0.15) is 5.76 Å². The summed E-state index contributed by atoms with van der Waals surface area (Å²) in [5.74, 6) is 1.34. The van der Waals surface area contributed by atoms with Gasteiger partial charge in [-0.15, -0.1) is 0 Å². The van der Waals surface area contributed by atoms with Crippen molar-refractivity contribution in [3.05, 3.63) is 54.5 Å². The van der Waals surface area contributed by atoms with Gasteiger partial charge in [0.05, 0.1) is 18.9 Å². The van der Waals surface area contributed by atoms with Gasteiger partial charge in [-0.3, -0.25) is 4.79 Å². The predicted octanol–water partition coefficient (Wildman–Crippen LogP) is 3.41. The number of hydrogen-bond donors (Lipinski definition) is 1. The number of carbonyl (C=O) groups excluding carboxylic acids is 1. The van der Waals surface area contributed by atoms with E-state index < -0.39 is 0 Å². The lowest BCUT2D eigenvalue weighted by molar-refractivity contribution is -0.116. The van der Waals surface area contributed by atoms with Crippen molar-refractivity contribution in [1.29, 1.82) is 0 Å². The first-order valence-electron chi connectivity index (χ1n) is 7.01. The highest BCUT2D eigenvalue weighted by Gasteiger charge is 2.06. The average Bonchev–Trinajstić information content (AvgIpc) is 3.06. The van der Waals surface area contributed by atoms with Gasteiger partial charge in [0, 0.05) is 30.0 Å². The number of aromatic nitrogens is 1. The van der Waals surface area contributed by atoms with Crippen molar-refractivity contribution < 1.29 is 13.9 Å². The maximum atomic E-state index is 12.0. The number of anilines is 1. The summed E-state index contributed by atoms with van der Waals surface area (Å²) in [7, 11) is 1.59. The molecule has 0 unspecified atom stereocenters. The first-order valence-corrected chi connectivity index (χ1v) is 7.01. The van der Waals surface area contributed by atoms with Gasteiger partial charge in [0.15, 0.2) is 0 Å². The fraction of sp³-hybridized carbons (Fsp3) is 0.176. The predicted molar refractivity (Wildman–Crippen MR) is 84.0 cm³/mol. The normalized spacial score (nSPS) is 10.6. The lowest BCUT2D eigenvalue weighted by Gasteiger charge is -2.07. The monoisotopic (exact) mass is 296 g/mol. The number of carbonyl (C=O) groups is 1. The van der Waals surface area contributed by atoms with Gasteiger partial charge in [-0.2, -0.15) is 0 Å². The van der Waals surface area contributed by atoms with Crippen LogP contribution in [0, 0.1) is 0 Å². The Balaban J connectivity index is 1.66. The van der Waals surface area contributed by atoms with E-state index in [1.807, 2.05) is 36.4 Å². The van der Waals surface area contributed by atoms with Crippen LogP contribution < -0.4 is 10.1 Å². The second-order valence-corrected chi connectivity index (χ2v) is 4.89. The topological polar surface area (TPSA) is 64.4 Å². The summed E-state index contributed by atoms with van der Waals surface area (Å²) in [6.45, 7) is 0. The highest BCUT2D eigenvalue weighted by atomic mass is 16.5. The Labute approximate surface area is 127 Å². The molecule has 0 aliphatic rings. The number of rotatable bonds is 5. The molecule has 0 spiro atoms. The van der Waals surface area contributed by atoms with Crippen LogP contribution in [0.5, 0.6) is 5.88 Å². The fourth-order valence-electron chi connectivity index (χ4n) is 2.21. The second-order valence-electron chi connectivity index (χ2n) is 4.89. The number of fused-ring (bicyclic) bond motifs is 1. The maximum absolute atomic E-state index is 12.0. The third-order valence-corrected chi connectivity index (χ3v) is 3.34. The Kier molecular flexibility index (Phi) is 4.05. The van der Waals surface area contributed by atoms with Gasteiger partial charge in [-0.1, -0.05) is 0 Å². The number of hydrogen-bond acceptors (Lipinski definition) is 4. The number of methoxy groups -OCH3 is 1. The number of nitrogens with zero attached hydrogens (tertiary/aromatic N) is 1. The van der Waals surface area contributed by atoms with Gasteiger partial charge in [-0.25, -0.2) is 4.98 Å². The smallest absolute Gasteiger partial charge is 0.224 e. The first-order chi connectivity index (χ1) is 10.7. The standard InChI is InChI=1S/C17H16N2O3/c1-21-17-9-4-12-11-13(5-7-15(12)19-17)18-16(20)8-6-14-3-2-10-22-14/h2-5,7,9-11H,6,8H2,1H3,(H,18,20). The molecule has 0 saturated heterocycles. The molecule has 3 rings (SSSR count).